The Labute approximate surface area is 123 Å². The largest absolute Gasteiger partial charge is 0.491 e. The van der Waals surface area contributed by atoms with E-state index in [1.165, 1.54) is 23.1 Å². The molecule has 2 N–H and O–H groups in total. The summed E-state index contributed by atoms with van der Waals surface area (Å²) in [6.07, 6.45) is 1.20. The lowest BCUT2D eigenvalue weighted by Crippen LogP contribution is -2.90. The molecule has 0 spiro atoms. The minimum atomic E-state index is 0.618. The van der Waals surface area contributed by atoms with Crippen molar-refractivity contribution in [3.05, 3.63) is 28.8 Å². The fraction of sp³-hybridized carbons (Fsp3) is 0.647. The van der Waals surface area contributed by atoms with Gasteiger partial charge in [-0.25, -0.2) is 0 Å². The Balaban J connectivity index is 2.19. The van der Waals surface area contributed by atoms with Crippen LogP contribution < -0.4 is 10.1 Å². The van der Waals surface area contributed by atoms with Crippen molar-refractivity contribution in [2.45, 2.75) is 47.1 Å². The van der Waals surface area contributed by atoms with Gasteiger partial charge >= 0.3 is 0 Å². The van der Waals surface area contributed by atoms with Gasteiger partial charge in [-0.15, -0.1) is 0 Å². The molecule has 114 valence electrons. The quantitative estimate of drug-likeness (QED) is 0.705. The standard InChI is InChI=1S/C17H29NO2/c1-6-15(4)18-7-8-19-9-10-20-17-12-13(2)11-14(3)16(17)5/h11-12,15,18H,6-10H2,1-5H3/p+1/t15-/m1/s1. The topological polar surface area (TPSA) is 35.1 Å². The van der Waals surface area contributed by atoms with Gasteiger partial charge in [-0.3, -0.25) is 0 Å². The summed E-state index contributed by atoms with van der Waals surface area (Å²) < 4.78 is 11.4. The van der Waals surface area contributed by atoms with Crippen molar-refractivity contribution < 1.29 is 14.8 Å². The molecular weight excluding hydrogens is 250 g/mol. The lowest BCUT2D eigenvalue weighted by molar-refractivity contribution is -0.687. The molecule has 0 aliphatic rings. The summed E-state index contributed by atoms with van der Waals surface area (Å²) in [6, 6.07) is 4.97. The summed E-state index contributed by atoms with van der Waals surface area (Å²) in [5, 5.41) is 2.33. The van der Waals surface area contributed by atoms with Crippen LogP contribution in [0.2, 0.25) is 0 Å². The Morgan fingerprint density at radius 2 is 1.85 bits per heavy atom. The predicted octanol–water partition coefficient (Wildman–Crippen LogP) is 2.37. The summed E-state index contributed by atoms with van der Waals surface area (Å²) in [4.78, 5) is 0. The van der Waals surface area contributed by atoms with E-state index in [0.29, 0.717) is 19.3 Å². The van der Waals surface area contributed by atoms with E-state index in [9.17, 15) is 0 Å². The monoisotopic (exact) mass is 280 g/mol. The second-order valence-corrected chi connectivity index (χ2v) is 5.58. The second kappa shape index (κ2) is 8.98. The van der Waals surface area contributed by atoms with Gasteiger partial charge < -0.3 is 14.8 Å². The molecule has 1 atom stereocenters. The van der Waals surface area contributed by atoms with Crippen LogP contribution >= 0.6 is 0 Å². The van der Waals surface area contributed by atoms with E-state index in [4.69, 9.17) is 9.47 Å². The van der Waals surface area contributed by atoms with Gasteiger partial charge in [0.25, 0.3) is 0 Å². The molecule has 20 heavy (non-hydrogen) atoms. The predicted molar refractivity (Wildman–Crippen MR) is 83.5 cm³/mol. The van der Waals surface area contributed by atoms with Gasteiger partial charge in [0.1, 0.15) is 12.4 Å². The number of nitrogens with two attached hydrogens (primary N) is 1. The third-order valence-corrected chi connectivity index (χ3v) is 3.72. The highest BCUT2D eigenvalue weighted by Crippen LogP contribution is 2.23. The summed E-state index contributed by atoms with van der Waals surface area (Å²) in [7, 11) is 0. The fourth-order valence-electron chi connectivity index (χ4n) is 2.07. The Morgan fingerprint density at radius 1 is 1.10 bits per heavy atom. The first-order valence-corrected chi connectivity index (χ1v) is 7.66. The number of ether oxygens (including phenoxy) is 2. The molecule has 0 aromatic heterocycles. The minimum Gasteiger partial charge on any atom is -0.491 e. The van der Waals surface area contributed by atoms with Crippen LogP contribution in [0.3, 0.4) is 0 Å². The van der Waals surface area contributed by atoms with E-state index < -0.39 is 0 Å². The summed E-state index contributed by atoms with van der Waals surface area (Å²) in [6.45, 7) is 13.9. The molecule has 0 radical (unpaired) electrons. The van der Waals surface area contributed by atoms with Crippen LogP contribution in [0.15, 0.2) is 12.1 Å². The molecule has 0 saturated heterocycles. The molecule has 1 aromatic carbocycles. The number of aryl methyl sites for hydroxylation is 2. The fourth-order valence-corrected chi connectivity index (χ4v) is 2.07. The zero-order valence-electron chi connectivity index (χ0n) is 13.7. The van der Waals surface area contributed by atoms with Gasteiger partial charge in [0.05, 0.1) is 25.8 Å². The molecule has 0 heterocycles. The van der Waals surface area contributed by atoms with E-state index in [0.717, 1.165) is 18.9 Å². The zero-order valence-corrected chi connectivity index (χ0v) is 13.7. The number of benzene rings is 1. The summed E-state index contributed by atoms with van der Waals surface area (Å²) in [5.74, 6) is 0.984. The zero-order chi connectivity index (χ0) is 15.0. The highest BCUT2D eigenvalue weighted by molar-refractivity contribution is 5.41. The molecule has 1 aromatic rings. The highest BCUT2D eigenvalue weighted by Gasteiger charge is 2.04. The van der Waals surface area contributed by atoms with Crippen molar-refractivity contribution in [3.8, 4) is 5.75 Å². The van der Waals surface area contributed by atoms with E-state index in [2.05, 4.69) is 52.1 Å². The first-order chi connectivity index (χ1) is 9.54. The highest BCUT2D eigenvalue weighted by atomic mass is 16.5. The lowest BCUT2D eigenvalue weighted by atomic mass is 10.1. The van der Waals surface area contributed by atoms with Crippen LogP contribution in [-0.2, 0) is 4.74 Å². The van der Waals surface area contributed by atoms with Crippen molar-refractivity contribution in [3.63, 3.8) is 0 Å². The molecule has 3 heteroatoms. The molecule has 0 bridgehead atoms. The minimum absolute atomic E-state index is 0.618. The van der Waals surface area contributed by atoms with Gasteiger partial charge in [0, 0.05) is 0 Å². The third-order valence-electron chi connectivity index (χ3n) is 3.72. The Kier molecular flexibility index (Phi) is 7.63. The lowest BCUT2D eigenvalue weighted by Gasteiger charge is -2.13. The SMILES string of the molecule is CC[C@@H](C)[NH2+]CCOCCOc1cc(C)cc(C)c1C. The molecule has 0 fully saturated rings. The van der Waals surface area contributed by atoms with E-state index >= 15 is 0 Å². The van der Waals surface area contributed by atoms with Gasteiger partial charge in [-0.1, -0.05) is 13.0 Å². The second-order valence-electron chi connectivity index (χ2n) is 5.58. The maximum atomic E-state index is 5.81. The molecule has 0 unspecified atom stereocenters. The summed E-state index contributed by atoms with van der Waals surface area (Å²) >= 11 is 0. The van der Waals surface area contributed by atoms with Crippen molar-refractivity contribution in [2.75, 3.05) is 26.4 Å². The van der Waals surface area contributed by atoms with Crippen molar-refractivity contribution in [1.29, 1.82) is 0 Å². The van der Waals surface area contributed by atoms with E-state index in [1.807, 2.05) is 0 Å². The molecule has 0 aliphatic heterocycles. The molecule has 1 rings (SSSR count). The number of quaternary nitrogens is 1. The van der Waals surface area contributed by atoms with Crippen molar-refractivity contribution >= 4 is 0 Å². The van der Waals surface area contributed by atoms with Gasteiger partial charge in [-0.2, -0.15) is 0 Å². The van der Waals surface area contributed by atoms with Crippen LogP contribution in [0.25, 0.3) is 0 Å². The molecular formula is C17H30NO2+. The van der Waals surface area contributed by atoms with E-state index in [-0.39, 0.29) is 0 Å². The van der Waals surface area contributed by atoms with Crippen molar-refractivity contribution in [1.82, 2.24) is 0 Å². The van der Waals surface area contributed by atoms with Crippen LogP contribution in [0.4, 0.5) is 0 Å². The number of hydrogen-bond donors (Lipinski definition) is 1. The molecule has 0 amide bonds. The Morgan fingerprint density at radius 3 is 2.55 bits per heavy atom. The number of hydrogen-bond acceptors (Lipinski definition) is 2. The van der Waals surface area contributed by atoms with Crippen LogP contribution in [-0.4, -0.2) is 32.4 Å². The van der Waals surface area contributed by atoms with Gasteiger partial charge in [-0.05, 0) is 56.9 Å². The van der Waals surface area contributed by atoms with Crippen LogP contribution in [0.5, 0.6) is 5.75 Å². The van der Waals surface area contributed by atoms with Gasteiger partial charge in [0.15, 0.2) is 0 Å². The first-order valence-electron chi connectivity index (χ1n) is 7.66. The van der Waals surface area contributed by atoms with E-state index in [1.54, 1.807) is 0 Å². The maximum Gasteiger partial charge on any atom is 0.122 e. The first kappa shape index (κ1) is 17.0. The molecule has 0 aliphatic carbocycles. The number of rotatable bonds is 9. The smallest absolute Gasteiger partial charge is 0.122 e. The van der Waals surface area contributed by atoms with Gasteiger partial charge in [0.2, 0.25) is 0 Å². The Hall–Kier alpha value is -1.06. The molecule has 3 nitrogen and oxygen atoms in total. The average Bonchev–Trinajstić information content (AvgIpc) is 2.42. The van der Waals surface area contributed by atoms with Crippen molar-refractivity contribution in [2.24, 2.45) is 0 Å². The summed E-state index contributed by atoms with van der Waals surface area (Å²) in [5.41, 5.74) is 3.75. The maximum absolute atomic E-state index is 5.81. The van der Waals surface area contributed by atoms with Crippen LogP contribution in [0, 0.1) is 20.8 Å². The average molecular weight is 280 g/mol. The normalized spacial score (nSPS) is 12.4. The third kappa shape index (κ3) is 5.93. The molecule has 0 saturated carbocycles. The Bertz CT molecular complexity index is 404. The van der Waals surface area contributed by atoms with Crippen LogP contribution in [0.1, 0.15) is 37.0 Å².